The van der Waals surface area contributed by atoms with E-state index in [1.165, 1.54) is 6.20 Å². The summed E-state index contributed by atoms with van der Waals surface area (Å²) in [6.07, 6.45) is 9.22. The first-order chi connectivity index (χ1) is 7.17. The topological polar surface area (TPSA) is 42.0 Å². The number of carbonyl (C=O) groups excluding carboxylic acids is 1. The number of nitrogens with one attached hydrogen (secondary N) is 1. The second-order valence-electron chi connectivity index (χ2n) is 3.35. The van der Waals surface area contributed by atoms with Gasteiger partial charge in [0, 0.05) is 12.4 Å². The molecule has 0 aromatic carbocycles. The van der Waals surface area contributed by atoms with Gasteiger partial charge in [0.05, 0.1) is 11.6 Å². The van der Waals surface area contributed by atoms with Crippen LogP contribution in [0.15, 0.2) is 18.5 Å². The third-order valence-electron chi connectivity index (χ3n) is 2.05. The number of carbonyl (C=O) groups is 1. The molecule has 0 saturated heterocycles. The molecule has 15 heavy (non-hydrogen) atoms. The summed E-state index contributed by atoms with van der Waals surface area (Å²) in [5.41, 5.74) is 1.50. The van der Waals surface area contributed by atoms with Gasteiger partial charge in [0.1, 0.15) is 0 Å². The Labute approximate surface area is 89.9 Å². The van der Waals surface area contributed by atoms with Crippen LogP contribution in [0.5, 0.6) is 0 Å². The lowest BCUT2D eigenvalue weighted by molar-refractivity contribution is 0.0944. The minimum absolute atomic E-state index is 0.170. The molecule has 0 radical (unpaired) electrons. The van der Waals surface area contributed by atoms with E-state index in [0.29, 0.717) is 5.56 Å². The third kappa shape index (κ3) is 3.10. The molecule has 1 unspecified atom stereocenters. The number of pyridine rings is 1. The first-order valence-electron chi connectivity index (χ1n) is 4.86. The molecule has 3 nitrogen and oxygen atoms in total. The number of aromatic nitrogens is 1. The summed E-state index contributed by atoms with van der Waals surface area (Å²) < 4.78 is 0. The van der Waals surface area contributed by atoms with E-state index in [1.807, 2.05) is 13.8 Å². The second kappa shape index (κ2) is 5.16. The molecule has 1 aromatic rings. The Hall–Kier alpha value is -1.82. The Morgan fingerprint density at radius 3 is 2.93 bits per heavy atom. The van der Waals surface area contributed by atoms with Crippen LogP contribution in [-0.4, -0.2) is 16.9 Å². The van der Waals surface area contributed by atoms with Crippen molar-refractivity contribution in [2.45, 2.75) is 26.3 Å². The van der Waals surface area contributed by atoms with Gasteiger partial charge in [-0.1, -0.05) is 12.8 Å². The van der Waals surface area contributed by atoms with Crippen LogP contribution in [0.2, 0.25) is 0 Å². The van der Waals surface area contributed by atoms with Crippen LogP contribution in [0.1, 0.15) is 29.3 Å². The molecule has 0 aliphatic carbocycles. The van der Waals surface area contributed by atoms with E-state index in [1.54, 1.807) is 12.3 Å². The summed E-state index contributed by atoms with van der Waals surface area (Å²) in [4.78, 5) is 15.6. The normalized spacial score (nSPS) is 11.5. The Balaban J connectivity index is 2.74. The van der Waals surface area contributed by atoms with E-state index in [4.69, 9.17) is 6.42 Å². The first-order valence-corrected chi connectivity index (χ1v) is 4.86. The lowest BCUT2D eigenvalue weighted by Gasteiger charge is -2.10. The first kappa shape index (κ1) is 11.3. The SMILES string of the molecule is C#CC(CC)NC(=O)c1cncc(C)c1. The molecule has 1 heterocycles. The third-order valence-corrected chi connectivity index (χ3v) is 2.05. The van der Waals surface area contributed by atoms with Crippen molar-refractivity contribution in [1.29, 1.82) is 0 Å². The molecule has 78 valence electrons. The number of rotatable bonds is 3. The van der Waals surface area contributed by atoms with E-state index in [0.717, 1.165) is 12.0 Å². The van der Waals surface area contributed by atoms with Crippen molar-refractivity contribution in [2.75, 3.05) is 0 Å². The van der Waals surface area contributed by atoms with E-state index < -0.39 is 0 Å². The molecule has 0 saturated carbocycles. The average molecular weight is 202 g/mol. The number of hydrogen-bond acceptors (Lipinski definition) is 2. The van der Waals surface area contributed by atoms with Crippen LogP contribution >= 0.6 is 0 Å². The fourth-order valence-electron chi connectivity index (χ4n) is 1.18. The maximum atomic E-state index is 11.7. The number of nitrogens with zero attached hydrogens (tertiary/aromatic N) is 1. The highest BCUT2D eigenvalue weighted by Crippen LogP contribution is 2.02. The highest BCUT2D eigenvalue weighted by molar-refractivity contribution is 5.94. The predicted octanol–water partition coefficient (Wildman–Crippen LogP) is 1.53. The van der Waals surface area contributed by atoms with Gasteiger partial charge in [-0.05, 0) is 25.0 Å². The molecule has 1 rings (SSSR count). The van der Waals surface area contributed by atoms with Gasteiger partial charge in [-0.2, -0.15) is 0 Å². The molecular weight excluding hydrogens is 188 g/mol. The maximum Gasteiger partial charge on any atom is 0.253 e. The van der Waals surface area contributed by atoms with Gasteiger partial charge in [-0.25, -0.2) is 0 Å². The highest BCUT2D eigenvalue weighted by atomic mass is 16.1. The number of hydrogen-bond donors (Lipinski definition) is 1. The molecular formula is C12H14N2O. The van der Waals surface area contributed by atoms with Gasteiger partial charge in [0.15, 0.2) is 0 Å². The van der Waals surface area contributed by atoms with Gasteiger partial charge in [-0.3, -0.25) is 9.78 Å². The monoisotopic (exact) mass is 202 g/mol. The Bertz CT molecular complexity index is 393. The smallest absolute Gasteiger partial charge is 0.253 e. The van der Waals surface area contributed by atoms with Crippen LogP contribution in [-0.2, 0) is 0 Å². The van der Waals surface area contributed by atoms with Gasteiger partial charge in [0.2, 0.25) is 0 Å². The second-order valence-corrected chi connectivity index (χ2v) is 3.35. The van der Waals surface area contributed by atoms with Crippen molar-refractivity contribution in [3.63, 3.8) is 0 Å². The summed E-state index contributed by atoms with van der Waals surface area (Å²) in [7, 11) is 0. The van der Waals surface area contributed by atoms with Crippen LogP contribution in [0.3, 0.4) is 0 Å². The van der Waals surface area contributed by atoms with E-state index in [9.17, 15) is 4.79 Å². The fraction of sp³-hybridized carbons (Fsp3) is 0.333. The fourth-order valence-corrected chi connectivity index (χ4v) is 1.18. The largest absolute Gasteiger partial charge is 0.338 e. The molecule has 0 spiro atoms. The van der Waals surface area contributed by atoms with E-state index in [-0.39, 0.29) is 11.9 Å². The van der Waals surface area contributed by atoms with E-state index in [2.05, 4.69) is 16.2 Å². The standard InChI is InChI=1S/C12H14N2O/c1-4-11(5-2)14-12(15)10-6-9(3)7-13-8-10/h1,6-8,11H,5H2,2-3H3,(H,14,15). The molecule has 1 amide bonds. The average Bonchev–Trinajstić information content (AvgIpc) is 2.25. The number of terminal acetylenes is 1. The molecule has 1 N–H and O–H groups in total. The summed E-state index contributed by atoms with van der Waals surface area (Å²) in [6, 6.07) is 1.57. The lowest BCUT2D eigenvalue weighted by Crippen LogP contribution is -2.33. The molecule has 3 heteroatoms. The van der Waals surface area contributed by atoms with Crippen LogP contribution in [0.4, 0.5) is 0 Å². The van der Waals surface area contributed by atoms with Crippen molar-refractivity contribution in [3.8, 4) is 12.3 Å². The van der Waals surface area contributed by atoms with Crippen molar-refractivity contribution >= 4 is 5.91 Å². The minimum Gasteiger partial charge on any atom is -0.338 e. The molecule has 1 aromatic heterocycles. The predicted molar refractivity (Wildman–Crippen MR) is 59.4 cm³/mol. The van der Waals surface area contributed by atoms with Crippen LogP contribution in [0, 0.1) is 19.3 Å². The molecule has 0 aliphatic rings. The minimum atomic E-state index is -0.210. The zero-order valence-corrected chi connectivity index (χ0v) is 8.95. The van der Waals surface area contributed by atoms with E-state index >= 15 is 0 Å². The van der Waals surface area contributed by atoms with Crippen molar-refractivity contribution in [2.24, 2.45) is 0 Å². The summed E-state index contributed by atoms with van der Waals surface area (Å²) in [5.74, 6) is 2.34. The molecule has 0 aliphatic heterocycles. The van der Waals surface area contributed by atoms with Crippen LogP contribution < -0.4 is 5.32 Å². The zero-order chi connectivity index (χ0) is 11.3. The lowest BCUT2D eigenvalue weighted by atomic mass is 10.2. The maximum absolute atomic E-state index is 11.7. The van der Waals surface area contributed by atoms with Crippen LogP contribution in [0.25, 0.3) is 0 Å². The molecule has 0 fully saturated rings. The zero-order valence-electron chi connectivity index (χ0n) is 8.95. The Morgan fingerprint density at radius 2 is 2.40 bits per heavy atom. The van der Waals surface area contributed by atoms with Crippen molar-refractivity contribution in [3.05, 3.63) is 29.6 Å². The summed E-state index contributed by atoms with van der Waals surface area (Å²) in [5, 5.41) is 2.74. The summed E-state index contributed by atoms with van der Waals surface area (Å²) >= 11 is 0. The highest BCUT2D eigenvalue weighted by Gasteiger charge is 2.09. The quantitative estimate of drug-likeness (QED) is 0.755. The van der Waals surface area contributed by atoms with Crippen molar-refractivity contribution < 1.29 is 4.79 Å². The summed E-state index contributed by atoms with van der Waals surface area (Å²) in [6.45, 7) is 3.82. The van der Waals surface area contributed by atoms with Gasteiger partial charge in [-0.15, -0.1) is 6.42 Å². The van der Waals surface area contributed by atoms with Gasteiger partial charge < -0.3 is 5.32 Å². The molecule has 0 bridgehead atoms. The van der Waals surface area contributed by atoms with Gasteiger partial charge in [0.25, 0.3) is 5.91 Å². The number of aryl methyl sites for hydroxylation is 1. The Kier molecular flexibility index (Phi) is 3.87. The van der Waals surface area contributed by atoms with Crippen molar-refractivity contribution in [1.82, 2.24) is 10.3 Å². The number of amides is 1. The molecule has 1 atom stereocenters. The van der Waals surface area contributed by atoms with Gasteiger partial charge >= 0.3 is 0 Å². The Morgan fingerprint density at radius 1 is 1.67 bits per heavy atom.